The van der Waals surface area contributed by atoms with Gasteiger partial charge in [0.05, 0.1) is 13.7 Å². The number of hydrogen-bond donors (Lipinski definition) is 4. The van der Waals surface area contributed by atoms with Gasteiger partial charge in [-0.05, 0) is 63.4 Å². The van der Waals surface area contributed by atoms with E-state index in [4.69, 9.17) is 14.2 Å². The van der Waals surface area contributed by atoms with Crippen LogP contribution in [-0.4, -0.2) is 67.8 Å². The molecule has 1 saturated heterocycles. The smallest absolute Gasteiger partial charge is 0.320 e. The highest BCUT2D eigenvalue weighted by Crippen LogP contribution is 2.43. The molecule has 4 N–H and O–H groups in total. The standard InChI is InChI=1S/C26H42N2O7/c1-5-6-7-8-20(34-18(2)29)14-23(35-25(32)17-27-3)26(11-12-28-24(31)16-26)15-19-9-10-21(30)22(13-19)33-4/h9-10,13,20,23-24,27-28,30-31H,5-8,11-12,14-17H2,1-4H3/t20-,23-,24-,26+/m1/s1. The minimum atomic E-state index is -0.763. The Kier molecular flexibility index (Phi) is 11.8. The molecule has 0 spiro atoms. The lowest BCUT2D eigenvalue weighted by molar-refractivity contribution is -0.166. The molecule has 1 aromatic rings. The summed E-state index contributed by atoms with van der Waals surface area (Å²) in [6, 6.07) is 5.15. The second kappa shape index (κ2) is 14.3. The Hall–Kier alpha value is -2.36. The first kappa shape index (κ1) is 28.9. The molecule has 0 bridgehead atoms. The topological polar surface area (TPSA) is 126 Å². The van der Waals surface area contributed by atoms with Gasteiger partial charge in [0.25, 0.3) is 0 Å². The summed E-state index contributed by atoms with van der Waals surface area (Å²) in [5.41, 5.74) is 0.276. The number of phenols is 1. The first-order valence-electron chi connectivity index (χ1n) is 12.5. The Morgan fingerprint density at radius 1 is 1.29 bits per heavy atom. The number of ether oxygens (including phenoxy) is 3. The summed E-state index contributed by atoms with van der Waals surface area (Å²) in [5.74, 6) is -0.371. The molecule has 1 aromatic carbocycles. The van der Waals surface area contributed by atoms with Crippen LogP contribution in [0.2, 0.25) is 0 Å². The molecule has 0 radical (unpaired) electrons. The van der Waals surface area contributed by atoms with Gasteiger partial charge >= 0.3 is 11.9 Å². The number of hydrogen-bond acceptors (Lipinski definition) is 9. The number of piperidine rings is 1. The molecule has 0 unspecified atom stereocenters. The van der Waals surface area contributed by atoms with Crippen LogP contribution in [0.5, 0.6) is 11.5 Å². The zero-order chi connectivity index (χ0) is 25.8. The van der Waals surface area contributed by atoms with Crippen molar-refractivity contribution in [2.24, 2.45) is 5.41 Å². The van der Waals surface area contributed by atoms with Gasteiger partial charge in [-0.1, -0.05) is 25.8 Å². The molecule has 0 amide bonds. The van der Waals surface area contributed by atoms with Crippen LogP contribution in [0.3, 0.4) is 0 Å². The van der Waals surface area contributed by atoms with Crippen molar-refractivity contribution in [3.63, 3.8) is 0 Å². The fourth-order valence-electron chi connectivity index (χ4n) is 4.94. The molecule has 0 aromatic heterocycles. The number of methoxy groups -OCH3 is 1. The third kappa shape index (κ3) is 8.98. The second-order valence-corrected chi connectivity index (χ2v) is 9.44. The van der Waals surface area contributed by atoms with Gasteiger partial charge in [-0.2, -0.15) is 0 Å². The first-order chi connectivity index (χ1) is 16.7. The molecule has 0 saturated carbocycles. The number of phenolic OH excluding ortho intramolecular Hbond substituents is 1. The maximum absolute atomic E-state index is 12.7. The highest BCUT2D eigenvalue weighted by molar-refractivity contribution is 5.72. The number of nitrogens with one attached hydrogen (secondary N) is 2. The molecule has 35 heavy (non-hydrogen) atoms. The average Bonchev–Trinajstić information content (AvgIpc) is 2.79. The summed E-state index contributed by atoms with van der Waals surface area (Å²) in [7, 11) is 3.17. The SMILES string of the molecule is CCCCC[C@H](C[C@@H](OC(=O)CNC)[C@]1(Cc2ccc(O)c(OC)c2)CCN[C@H](O)C1)OC(C)=O. The normalized spacial score (nSPS) is 21.7. The average molecular weight is 495 g/mol. The predicted octanol–water partition coefficient (Wildman–Crippen LogP) is 2.66. The van der Waals surface area contributed by atoms with Gasteiger partial charge in [0.1, 0.15) is 18.4 Å². The Bertz CT molecular complexity index is 819. The van der Waals surface area contributed by atoms with E-state index < -0.39 is 29.8 Å². The summed E-state index contributed by atoms with van der Waals surface area (Å²) >= 11 is 0. The van der Waals surface area contributed by atoms with Crippen molar-refractivity contribution in [3.8, 4) is 11.5 Å². The molecule has 4 atom stereocenters. The Balaban J connectivity index is 2.43. The lowest BCUT2D eigenvalue weighted by Gasteiger charge is -2.45. The molecule has 9 nitrogen and oxygen atoms in total. The molecule has 1 heterocycles. The number of unbranched alkanes of at least 4 members (excludes halogenated alkanes) is 2. The molecular weight excluding hydrogens is 452 g/mol. The predicted molar refractivity (Wildman–Crippen MR) is 132 cm³/mol. The van der Waals surface area contributed by atoms with Crippen LogP contribution in [0.15, 0.2) is 18.2 Å². The summed E-state index contributed by atoms with van der Waals surface area (Å²) in [6.07, 6.45) is 3.72. The van der Waals surface area contributed by atoms with Crippen molar-refractivity contribution in [1.29, 1.82) is 0 Å². The van der Waals surface area contributed by atoms with Gasteiger partial charge in [-0.15, -0.1) is 0 Å². The van der Waals surface area contributed by atoms with E-state index in [9.17, 15) is 19.8 Å². The molecule has 1 fully saturated rings. The third-order valence-electron chi connectivity index (χ3n) is 6.62. The summed E-state index contributed by atoms with van der Waals surface area (Å²) < 4.78 is 17.0. The van der Waals surface area contributed by atoms with Crippen LogP contribution in [0.1, 0.15) is 64.4 Å². The lowest BCUT2D eigenvalue weighted by Crippen LogP contribution is -2.53. The van der Waals surface area contributed by atoms with E-state index in [0.717, 1.165) is 24.8 Å². The van der Waals surface area contributed by atoms with Gasteiger partial charge < -0.3 is 29.7 Å². The van der Waals surface area contributed by atoms with E-state index in [0.29, 0.717) is 44.4 Å². The Labute approximate surface area is 208 Å². The van der Waals surface area contributed by atoms with Crippen LogP contribution in [-0.2, 0) is 25.5 Å². The van der Waals surface area contributed by atoms with E-state index in [2.05, 4.69) is 17.6 Å². The Morgan fingerprint density at radius 3 is 2.69 bits per heavy atom. The van der Waals surface area contributed by atoms with Crippen LogP contribution >= 0.6 is 0 Å². The number of carbonyl (C=O) groups excluding carboxylic acids is 2. The number of aliphatic hydroxyl groups is 1. The van der Waals surface area contributed by atoms with E-state index in [-0.39, 0.29) is 18.3 Å². The highest BCUT2D eigenvalue weighted by Gasteiger charge is 2.46. The number of benzene rings is 1. The summed E-state index contributed by atoms with van der Waals surface area (Å²) in [5, 5.41) is 26.5. The number of esters is 2. The van der Waals surface area contributed by atoms with Crippen LogP contribution < -0.4 is 15.4 Å². The van der Waals surface area contributed by atoms with Crippen molar-refractivity contribution < 1.29 is 34.0 Å². The van der Waals surface area contributed by atoms with Gasteiger partial charge in [-0.25, -0.2) is 0 Å². The van der Waals surface area contributed by atoms with Crippen LogP contribution in [0.4, 0.5) is 0 Å². The Morgan fingerprint density at radius 2 is 2.06 bits per heavy atom. The zero-order valence-electron chi connectivity index (χ0n) is 21.5. The van der Waals surface area contributed by atoms with E-state index in [1.807, 2.05) is 6.07 Å². The minimum absolute atomic E-state index is 0.0403. The number of carbonyl (C=O) groups is 2. The van der Waals surface area contributed by atoms with E-state index in [1.165, 1.54) is 14.0 Å². The third-order valence-corrected chi connectivity index (χ3v) is 6.62. The summed E-state index contributed by atoms with van der Waals surface area (Å²) in [4.78, 5) is 24.5. The monoisotopic (exact) mass is 494 g/mol. The number of likely N-dealkylation sites (N-methyl/N-ethyl adjacent to an activating group) is 1. The van der Waals surface area contributed by atoms with Gasteiger partial charge in [-0.3, -0.25) is 14.9 Å². The number of aromatic hydroxyl groups is 1. The highest BCUT2D eigenvalue weighted by atomic mass is 16.6. The molecule has 9 heteroatoms. The zero-order valence-corrected chi connectivity index (χ0v) is 21.5. The summed E-state index contributed by atoms with van der Waals surface area (Å²) in [6.45, 7) is 4.10. The fraction of sp³-hybridized carbons (Fsp3) is 0.692. The number of rotatable bonds is 14. The maximum Gasteiger partial charge on any atom is 0.320 e. The molecule has 198 valence electrons. The second-order valence-electron chi connectivity index (χ2n) is 9.44. The largest absolute Gasteiger partial charge is 0.504 e. The van der Waals surface area contributed by atoms with Gasteiger partial charge in [0.2, 0.25) is 0 Å². The molecule has 1 aliphatic heterocycles. The van der Waals surface area contributed by atoms with Crippen molar-refractivity contribution >= 4 is 11.9 Å². The number of aliphatic hydroxyl groups excluding tert-OH is 1. The fourth-order valence-corrected chi connectivity index (χ4v) is 4.94. The quantitative estimate of drug-likeness (QED) is 0.228. The van der Waals surface area contributed by atoms with Crippen molar-refractivity contribution in [3.05, 3.63) is 23.8 Å². The molecule has 1 aliphatic rings. The minimum Gasteiger partial charge on any atom is -0.504 e. The van der Waals surface area contributed by atoms with Crippen LogP contribution in [0.25, 0.3) is 0 Å². The van der Waals surface area contributed by atoms with Gasteiger partial charge in [0, 0.05) is 18.8 Å². The molecule has 2 rings (SSSR count). The lowest BCUT2D eigenvalue weighted by atomic mass is 9.68. The van der Waals surface area contributed by atoms with Crippen molar-refractivity contribution in [2.45, 2.75) is 83.6 Å². The van der Waals surface area contributed by atoms with Gasteiger partial charge in [0.15, 0.2) is 11.5 Å². The first-order valence-corrected chi connectivity index (χ1v) is 12.5. The van der Waals surface area contributed by atoms with Crippen LogP contribution in [0, 0.1) is 5.41 Å². The molecule has 0 aliphatic carbocycles. The molecular formula is C26H42N2O7. The van der Waals surface area contributed by atoms with Crippen molar-refractivity contribution in [1.82, 2.24) is 10.6 Å². The maximum atomic E-state index is 12.7. The van der Waals surface area contributed by atoms with E-state index >= 15 is 0 Å². The van der Waals surface area contributed by atoms with E-state index in [1.54, 1.807) is 19.2 Å². The van der Waals surface area contributed by atoms with Crippen molar-refractivity contribution in [2.75, 3.05) is 27.2 Å².